The van der Waals surface area contributed by atoms with E-state index in [1.807, 2.05) is 11.3 Å². The second-order valence-electron chi connectivity index (χ2n) is 6.20. The number of amides is 1. The van der Waals surface area contributed by atoms with Gasteiger partial charge in [0.05, 0.1) is 5.39 Å². The van der Waals surface area contributed by atoms with Crippen molar-refractivity contribution < 1.29 is 4.79 Å². The minimum atomic E-state index is 0.0681. The summed E-state index contributed by atoms with van der Waals surface area (Å²) in [6.45, 7) is 3.48. The minimum Gasteiger partial charge on any atom is -0.356 e. The van der Waals surface area contributed by atoms with E-state index >= 15 is 0 Å². The van der Waals surface area contributed by atoms with Gasteiger partial charge in [0, 0.05) is 30.9 Å². The summed E-state index contributed by atoms with van der Waals surface area (Å²) in [5, 5.41) is 4.32. The van der Waals surface area contributed by atoms with Gasteiger partial charge < -0.3 is 10.2 Å². The first-order valence-corrected chi connectivity index (χ1v) is 8.81. The van der Waals surface area contributed by atoms with E-state index < -0.39 is 0 Å². The molecule has 0 atom stereocenters. The number of anilines is 1. The van der Waals surface area contributed by atoms with Crippen molar-refractivity contribution in [3.05, 3.63) is 16.8 Å². The first-order chi connectivity index (χ1) is 10.7. The third kappa shape index (κ3) is 2.35. The van der Waals surface area contributed by atoms with E-state index in [0.717, 1.165) is 43.0 Å². The summed E-state index contributed by atoms with van der Waals surface area (Å²) < 4.78 is 0. The molecule has 22 heavy (non-hydrogen) atoms. The van der Waals surface area contributed by atoms with Crippen LogP contribution >= 0.6 is 11.3 Å². The maximum atomic E-state index is 11.2. The number of thiophene rings is 1. The fraction of sp³-hybridized carbons (Fsp3) is 0.562. The fourth-order valence-electron chi connectivity index (χ4n) is 3.67. The Balaban J connectivity index is 1.61. The summed E-state index contributed by atoms with van der Waals surface area (Å²) in [6.07, 6.45) is 7.28. The number of piperidine rings is 1. The van der Waals surface area contributed by atoms with Crippen molar-refractivity contribution in [1.29, 1.82) is 0 Å². The number of nitrogens with one attached hydrogen (secondary N) is 1. The molecule has 1 aliphatic heterocycles. The summed E-state index contributed by atoms with van der Waals surface area (Å²) in [4.78, 5) is 25.3. The maximum absolute atomic E-state index is 11.2. The monoisotopic (exact) mass is 316 g/mol. The van der Waals surface area contributed by atoms with Gasteiger partial charge in [-0.25, -0.2) is 9.97 Å². The molecule has 3 heterocycles. The summed E-state index contributed by atoms with van der Waals surface area (Å²) >= 11 is 1.84. The topological polar surface area (TPSA) is 58.1 Å². The van der Waals surface area contributed by atoms with E-state index in [2.05, 4.69) is 20.2 Å². The van der Waals surface area contributed by atoms with Gasteiger partial charge in [0.25, 0.3) is 0 Å². The molecule has 0 aromatic carbocycles. The number of nitrogens with zero attached hydrogens (tertiary/aromatic N) is 3. The van der Waals surface area contributed by atoms with Crippen LogP contribution in [-0.2, 0) is 17.6 Å². The predicted octanol–water partition coefficient (Wildman–Crippen LogP) is 2.28. The summed E-state index contributed by atoms with van der Waals surface area (Å²) in [5.74, 6) is 1.17. The second kappa shape index (κ2) is 5.50. The van der Waals surface area contributed by atoms with E-state index in [4.69, 9.17) is 0 Å². The third-order valence-electron chi connectivity index (χ3n) is 4.68. The minimum absolute atomic E-state index is 0.0681. The Labute approximate surface area is 133 Å². The van der Waals surface area contributed by atoms with Gasteiger partial charge in [-0.05, 0) is 37.7 Å². The van der Waals surface area contributed by atoms with E-state index in [1.54, 1.807) is 13.3 Å². The lowest BCUT2D eigenvalue weighted by Crippen LogP contribution is -2.44. The molecule has 4 rings (SSSR count). The highest BCUT2D eigenvalue weighted by atomic mass is 32.1. The second-order valence-corrected chi connectivity index (χ2v) is 7.28. The highest BCUT2D eigenvalue weighted by molar-refractivity contribution is 7.19. The van der Waals surface area contributed by atoms with Crippen LogP contribution in [0.1, 0.15) is 36.6 Å². The molecule has 2 aromatic rings. The molecule has 2 aliphatic rings. The zero-order valence-corrected chi connectivity index (χ0v) is 13.6. The largest absolute Gasteiger partial charge is 0.356 e. The molecule has 0 spiro atoms. The van der Waals surface area contributed by atoms with Crippen molar-refractivity contribution in [1.82, 2.24) is 15.3 Å². The highest BCUT2D eigenvalue weighted by Crippen LogP contribution is 2.40. The standard InChI is InChI=1S/C16H20N4OS/c1-10(21)19-11-5-7-20(8-6-11)15-14-12-3-2-4-13(12)22-16(14)18-9-17-15/h9,11H,2-8H2,1H3,(H,19,21). The number of fused-ring (bicyclic) bond motifs is 3. The van der Waals surface area contributed by atoms with Crippen LogP contribution in [0, 0.1) is 0 Å². The average molecular weight is 316 g/mol. The molecule has 0 saturated carbocycles. The smallest absolute Gasteiger partial charge is 0.217 e. The van der Waals surface area contributed by atoms with Crippen LogP contribution in [0.15, 0.2) is 6.33 Å². The average Bonchev–Trinajstić information content (AvgIpc) is 3.07. The lowest BCUT2D eigenvalue weighted by Gasteiger charge is -2.33. The van der Waals surface area contributed by atoms with Crippen LogP contribution in [0.5, 0.6) is 0 Å². The highest BCUT2D eigenvalue weighted by Gasteiger charge is 2.26. The van der Waals surface area contributed by atoms with Gasteiger partial charge >= 0.3 is 0 Å². The Morgan fingerprint density at radius 2 is 2.14 bits per heavy atom. The van der Waals surface area contributed by atoms with E-state index in [1.165, 1.54) is 28.7 Å². The lowest BCUT2D eigenvalue weighted by atomic mass is 10.0. The molecule has 1 amide bonds. The van der Waals surface area contributed by atoms with Gasteiger partial charge in [0.15, 0.2) is 0 Å². The molecular formula is C16H20N4OS. The molecule has 0 unspecified atom stereocenters. The molecule has 2 aromatic heterocycles. The maximum Gasteiger partial charge on any atom is 0.217 e. The zero-order valence-electron chi connectivity index (χ0n) is 12.8. The van der Waals surface area contributed by atoms with Gasteiger partial charge in [-0.3, -0.25) is 4.79 Å². The number of carbonyl (C=O) groups excluding carboxylic acids is 1. The number of rotatable bonds is 2. The number of aromatic nitrogens is 2. The predicted molar refractivity (Wildman–Crippen MR) is 88.5 cm³/mol. The molecule has 0 radical (unpaired) electrons. The Kier molecular flexibility index (Phi) is 3.48. The Morgan fingerprint density at radius 1 is 1.32 bits per heavy atom. The van der Waals surface area contributed by atoms with Crippen LogP contribution in [-0.4, -0.2) is 35.0 Å². The van der Waals surface area contributed by atoms with Crippen molar-refractivity contribution >= 4 is 33.3 Å². The van der Waals surface area contributed by atoms with Crippen LogP contribution < -0.4 is 10.2 Å². The molecular weight excluding hydrogens is 296 g/mol. The SMILES string of the molecule is CC(=O)NC1CCN(c2ncnc3sc4c(c23)CCC4)CC1. The van der Waals surface area contributed by atoms with E-state index in [9.17, 15) is 4.79 Å². The first-order valence-electron chi connectivity index (χ1n) is 7.99. The molecule has 5 nitrogen and oxygen atoms in total. The van der Waals surface area contributed by atoms with E-state index in [-0.39, 0.29) is 5.91 Å². The van der Waals surface area contributed by atoms with Crippen LogP contribution in [0.4, 0.5) is 5.82 Å². The van der Waals surface area contributed by atoms with Gasteiger partial charge in [-0.1, -0.05) is 0 Å². The van der Waals surface area contributed by atoms with Gasteiger partial charge in [-0.2, -0.15) is 0 Å². The Morgan fingerprint density at radius 3 is 2.91 bits per heavy atom. The van der Waals surface area contributed by atoms with Crippen molar-refractivity contribution in [3.63, 3.8) is 0 Å². The zero-order chi connectivity index (χ0) is 15.1. The first kappa shape index (κ1) is 13.9. The van der Waals surface area contributed by atoms with E-state index in [0.29, 0.717) is 6.04 Å². The lowest BCUT2D eigenvalue weighted by molar-refractivity contribution is -0.119. The Bertz CT molecular complexity index is 718. The third-order valence-corrected chi connectivity index (χ3v) is 5.88. The number of hydrogen-bond donors (Lipinski definition) is 1. The molecule has 1 aliphatic carbocycles. The molecule has 1 saturated heterocycles. The fourth-order valence-corrected chi connectivity index (χ4v) is 4.90. The van der Waals surface area contributed by atoms with Crippen molar-refractivity contribution in [2.24, 2.45) is 0 Å². The van der Waals surface area contributed by atoms with Gasteiger partial charge in [0.2, 0.25) is 5.91 Å². The van der Waals surface area contributed by atoms with Crippen molar-refractivity contribution in [3.8, 4) is 0 Å². The van der Waals surface area contributed by atoms with Crippen LogP contribution in [0.3, 0.4) is 0 Å². The molecule has 116 valence electrons. The van der Waals surface area contributed by atoms with Gasteiger partial charge in [-0.15, -0.1) is 11.3 Å². The molecule has 1 fully saturated rings. The van der Waals surface area contributed by atoms with Crippen molar-refractivity contribution in [2.75, 3.05) is 18.0 Å². The normalized spacial score (nSPS) is 18.7. The quantitative estimate of drug-likeness (QED) is 0.923. The summed E-state index contributed by atoms with van der Waals surface area (Å²) in [5.41, 5.74) is 1.49. The molecule has 6 heteroatoms. The summed E-state index contributed by atoms with van der Waals surface area (Å²) in [6, 6.07) is 0.305. The number of hydrogen-bond acceptors (Lipinski definition) is 5. The van der Waals surface area contributed by atoms with Crippen LogP contribution in [0.25, 0.3) is 10.2 Å². The molecule has 0 bridgehead atoms. The number of aryl methyl sites for hydroxylation is 2. The summed E-state index contributed by atoms with van der Waals surface area (Å²) in [7, 11) is 0. The Hall–Kier alpha value is -1.69. The number of carbonyl (C=O) groups is 1. The van der Waals surface area contributed by atoms with Gasteiger partial charge in [0.1, 0.15) is 17.0 Å². The van der Waals surface area contributed by atoms with Crippen molar-refractivity contribution in [2.45, 2.75) is 45.1 Å². The molecule has 1 N–H and O–H groups in total. The van der Waals surface area contributed by atoms with Crippen LogP contribution in [0.2, 0.25) is 0 Å².